The third-order valence-corrected chi connectivity index (χ3v) is 4.96. The highest BCUT2D eigenvalue weighted by atomic mass is 16.4. The van der Waals surface area contributed by atoms with Crippen LogP contribution < -0.4 is 21.7 Å². The molecular weight excluding hydrogens is 430 g/mol. The second-order valence-corrected chi connectivity index (χ2v) is 7.85. The quantitative estimate of drug-likeness (QED) is 0.217. The van der Waals surface area contributed by atoms with Gasteiger partial charge in [0.15, 0.2) is 5.58 Å². The SMILES string of the molecule is CC(=O)N[C@H](C(=O)N[C@H](C)C(=O)N[C@@H](CCCCN)C(=O)c1nc2ccccc2o1)[C@@H](C)O. The number of fused-ring (bicyclic) bond motifs is 1. The van der Waals surface area contributed by atoms with Crippen LogP contribution in [0.25, 0.3) is 11.1 Å². The zero-order chi connectivity index (χ0) is 24.5. The lowest BCUT2D eigenvalue weighted by atomic mass is 10.0. The normalized spacial score (nSPS) is 14.7. The number of hydrogen-bond acceptors (Lipinski definition) is 8. The molecule has 0 fully saturated rings. The number of carbonyl (C=O) groups excluding carboxylic acids is 4. The number of nitrogens with one attached hydrogen (secondary N) is 3. The van der Waals surface area contributed by atoms with E-state index < -0.39 is 47.7 Å². The van der Waals surface area contributed by atoms with E-state index in [0.29, 0.717) is 36.9 Å². The fourth-order valence-corrected chi connectivity index (χ4v) is 3.18. The van der Waals surface area contributed by atoms with Crippen LogP contribution in [0.1, 0.15) is 50.7 Å². The van der Waals surface area contributed by atoms with E-state index >= 15 is 0 Å². The van der Waals surface area contributed by atoms with E-state index in [1.165, 1.54) is 20.8 Å². The maximum absolute atomic E-state index is 13.0. The average Bonchev–Trinajstić information content (AvgIpc) is 3.20. The lowest BCUT2D eigenvalue weighted by molar-refractivity contribution is -0.133. The minimum absolute atomic E-state index is 0.120. The number of oxazole rings is 1. The summed E-state index contributed by atoms with van der Waals surface area (Å²) in [6.07, 6.45) is 0.380. The Kier molecular flexibility index (Phi) is 9.49. The van der Waals surface area contributed by atoms with E-state index in [9.17, 15) is 24.3 Å². The summed E-state index contributed by atoms with van der Waals surface area (Å²) in [4.78, 5) is 53.7. The van der Waals surface area contributed by atoms with E-state index in [-0.39, 0.29) is 5.89 Å². The average molecular weight is 462 g/mol. The lowest BCUT2D eigenvalue weighted by Gasteiger charge is -2.24. The van der Waals surface area contributed by atoms with Crippen molar-refractivity contribution in [2.24, 2.45) is 5.73 Å². The summed E-state index contributed by atoms with van der Waals surface area (Å²) < 4.78 is 5.54. The molecule has 0 saturated heterocycles. The zero-order valence-corrected chi connectivity index (χ0v) is 19.0. The number of aliphatic hydroxyl groups is 1. The summed E-state index contributed by atoms with van der Waals surface area (Å²) >= 11 is 0. The molecule has 0 unspecified atom stereocenters. The number of para-hydroxylation sites is 2. The zero-order valence-electron chi connectivity index (χ0n) is 19.0. The van der Waals surface area contributed by atoms with E-state index in [4.69, 9.17) is 10.2 Å². The van der Waals surface area contributed by atoms with Gasteiger partial charge in [-0.2, -0.15) is 0 Å². The number of hydrogen-bond donors (Lipinski definition) is 5. The molecular formula is C22H31N5O6. The topological polar surface area (TPSA) is 177 Å². The number of carbonyl (C=O) groups is 4. The van der Waals surface area contributed by atoms with Crippen LogP contribution in [-0.2, 0) is 14.4 Å². The van der Waals surface area contributed by atoms with Crippen LogP contribution in [0.3, 0.4) is 0 Å². The smallest absolute Gasteiger partial charge is 0.266 e. The molecule has 11 heteroatoms. The molecule has 4 atom stereocenters. The predicted octanol–water partition coefficient (Wildman–Crippen LogP) is 0.0145. The monoisotopic (exact) mass is 461 g/mol. The number of unbranched alkanes of at least 4 members (excludes halogenated alkanes) is 1. The van der Waals surface area contributed by atoms with Crippen molar-refractivity contribution in [1.82, 2.24) is 20.9 Å². The Balaban J connectivity index is 2.11. The van der Waals surface area contributed by atoms with Crippen molar-refractivity contribution in [1.29, 1.82) is 0 Å². The Morgan fingerprint density at radius 3 is 2.36 bits per heavy atom. The van der Waals surface area contributed by atoms with Crippen molar-refractivity contribution in [3.8, 4) is 0 Å². The van der Waals surface area contributed by atoms with Gasteiger partial charge in [0.2, 0.25) is 23.5 Å². The fourth-order valence-electron chi connectivity index (χ4n) is 3.18. The molecule has 0 aliphatic heterocycles. The van der Waals surface area contributed by atoms with Crippen LogP contribution in [0.2, 0.25) is 0 Å². The molecule has 33 heavy (non-hydrogen) atoms. The van der Waals surface area contributed by atoms with Gasteiger partial charge in [0, 0.05) is 6.92 Å². The maximum Gasteiger partial charge on any atom is 0.266 e. The number of aliphatic hydroxyl groups excluding tert-OH is 1. The van der Waals surface area contributed by atoms with Gasteiger partial charge >= 0.3 is 0 Å². The van der Waals surface area contributed by atoms with E-state index in [1.54, 1.807) is 24.3 Å². The standard InChI is InChI=1S/C22H31N5O6/c1-12(24-21(32)18(13(2)28)25-14(3)29)20(31)26-16(9-6-7-11-23)19(30)22-27-15-8-4-5-10-17(15)33-22/h4-5,8,10,12-13,16,18,28H,6-7,9,11,23H2,1-3H3,(H,24,32)(H,25,29)(H,26,31)/t12-,13-,16+,18+/m1/s1. The van der Waals surface area contributed by atoms with Crippen molar-refractivity contribution in [2.75, 3.05) is 6.54 Å². The van der Waals surface area contributed by atoms with Gasteiger partial charge in [-0.1, -0.05) is 12.1 Å². The minimum atomic E-state index is -1.22. The van der Waals surface area contributed by atoms with Crippen molar-refractivity contribution >= 4 is 34.6 Å². The van der Waals surface area contributed by atoms with E-state index in [2.05, 4.69) is 20.9 Å². The van der Waals surface area contributed by atoms with Crippen LogP contribution in [0.15, 0.2) is 28.7 Å². The second-order valence-electron chi connectivity index (χ2n) is 7.85. The van der Waals surface area contributed by atoms with Gasteiger partial charge < -0.3 is 31.2 Å². The first-order valence-corrected chi connectivity index (χ1v) is 10.8. The summed E-state index contributed by atoms with van der Waals surface area (Å²) in [6.45, 7) is 4.43. The Morgan fingerprint density at radius 2 is 1.76 bits per heavy atom. The largest absolute Gasteiger partial charge is 0.434 e. The number of amides is 3. The van der Waals surface area contributed by atoms with Gasteiger partial charge in [-0.05, 0) is 51.8 Å². The van der Waals surface area contributed by atoms with Gasteiger partial charge in [-0.15, -0.1) is 0 Å². The number of ketones is 1. The summed E-state index contributed by atoms with van der Waals surface area (Å²) in [5.74, 6) is -2.46. The van der Waals surface area contributed by atoms with Crippen molar-refractivity contribution in [3.63, 3.8) is 0 Å². The molecule has 0 saturated carbocycles. The highest BCUT2D eigenvalue weighted by Crippen LogP contribution is 2.17. The number of benzene rings is 1. The van der Waals surface area contributed by atoms with Gasteiger partial charge in [-0.25, -0.2) is 4.98 Å². The molecule has 0 aliphatic carbocycles. The molecule has 6 N–H and O–H groups in total. The Bertz CT molecular complexity index is 956. The molecule has 1 heterocycles. The molecule has 3 amide bonds. The third-order valence-electron chi connectivity index (χ3n) is 4.96. The van der Waals surface area contributed by atoms with Crippen molar-refractivity contribution in [2.45, 2.75) is 64.3 Å². The third kappa shape index (κ3) is 7.36. The molecule has 1 aromatic heterocycles. The molecule has 0 bridgehead atoms. The molecule has 180 valence electrons. The van der Waals surface area contributed by atoms with Gasteiger partial charge in [0.1, 0.15) is 17.6 Å². The van der Waals surface area contributed by atoms with Crippen LogP contribution in [-0.4, -0.2) is 64.4 Å². The van der Waals surface area contributed by atoms with Gasteiger partial charge in [0.25, 0.3) is 5.89 Å². The van der Waals surface area contributed by atoms with Crippen molar-refractivity contribution < 1.29 is 28.7 Å². The molecule has 2 rings (SSSR count). The first-order chi connectivity index (χ1) is 15.6. The first kappa shape index (κ1) is 25.9. The molecule has 11 nitrogen and oxygen atoms in total. The van der Waals surface area contributed by atoms with Crippen LogP contribution >= 0.6 is 0 Å². The highest BCUT2D eigenvalue weighted by Gasteiger charge is 2.30. The van der Waals surface area contributed by atoms with Crippen LogP contribution in [0, 0.1) is 0 Å². The second kappa shape index (κ2) is 12.1. The Morgan fingerprint density at radius 1 is 1.06 bits per heavy atom. The Labute approximate surface area is 191 Å². The van der Waals surface area contributed by atoms with E-state index in [1.807, 2.05) is 0 Å². The number of nitrogens with two attached hydrogens (primary N) is 1. The number of aromatic nitrogens is 1. The predicted molar refractivity (Wildman–Crippen MR) is 120 cm³/mol. The highest BCUT2D eigenvalue weighted by molar-refractivity contribution is 6.01. The maximum atomic E-state index is 13.0. The number of Topliss-reactive ketones (excluding diaryl/α,β-unsaturated/α-hetero) is 1. The first-order valence-electron chi connectivity index (χ1n) is 10.8. The summed E-state index contributed by atoms with van der Waals surface area (Å²) in [5, 5.41) is 17.2. The summed E-state index contributed by atoms with van der Waals surface area (Å²) in [5.41, 5.74) is 6.52. The number of nitrogens with zero attached hydrogens (tertiary/aromatic N) is 1. The molecule has 1 aromatic carbocycles. The minimum Gasteiger partial charge on any atom is -0.434 e. The number of rotatable bonds is 12. The molecule has 0 radical (unpaired) electrons. The van der Waals surface area contributed by atoms with E-state index in [0.717, 1.165) is 0 Å². The van der Waals surface area contributed by atoms with Crippen LogP contribution in [0.4, 0.5) is 0 Å². The Hall–Kier alpha value is -3.31. The van der Waals surface area contributed by atoms with Crippen LogP contribution in [0.5, 0.6) is 0 Å². The summed E-state index contributed by atoms with van der Waals surface area (Å²) in [6, 6.07) is 3.73. The lowest BCUT2D eigenvalue weighted by Crippen LogP contribution is -2.57. The summed E-state index contributed by atoms with van der Waals surface area (Å²) in [7, 11) is 0. The molecule has 2 aromatic rings. The van der Waals surface area contributed by atoms with Gasteiger partial charge in [0.05, 0.1) is 12.1 Å². The van der Waals surface area contributed by atoms with Gasteiger partial charge in [-0.3, -0.25) is 19.2 Å². The molecule has 0 spiro atoms. The van der Waals surface area contributed by atoms with Crippen molar-refractivity contribution in [3.05, 3.63) is 30.2 Å². The fraction of sp³-hybridized carbons (Fsp3) is 0.500. The molecule has 0 aliphatic rings.